The lowest BCUT2D eigenvalue weighted by molar-refractivity contribution is 0.0643. The van der Waals surface area contributed by atoms with E-state index < -0.39 is 0 Å². The summed E-state index contributed by atoms with van der Waals surface area (Å²) in [6.07, 6.45) is 0. The highest BCUT2D eigenvalue weighted by atomic mass is 35.5. The first-order valence-corrected chi connectivity index (χ1v) is 12.4. The summed E-state index contributed by atoms with van der Waals surface area (Å²) >= 11 is 7.78. The highest BCUT2D eigenvalue weighted by Gasteiger charge is 2.21. The van der Waals surface area contributed by atoms with E-state index in [1.165, 1.54) is 0 Å². The maximum Gasteiger partial charge on any atom is 0.253 e. The highest BCUT2D eigenvalue weighted by Crippen LogP contribution is 2.27. The van der Waals surface area contributed by atoms with Crippen LogP contribution in [0.15, 0.2) is 53.7 Å². The molecule has 9 heteroatoms. The van der Waals surface area contributed by atoms with E-state index in [0.29, 0.717) is 23.2 Å². The Bertz CT molecular complexity index is 1080. The maximum absolute atomic E-state index is 12.8. The molecule has 174 valence electrons. The van der Waals surface area contributed by atoms with Gasteiger partial charge in [-0.2, -0.15) is 0 Å². The fraction of sp³-hybridized carbons (Fsp3) is 0.375. The molecule has 4 rings (SSSR count). The molecule has 2 aromatic carbocycles. The standard InChI is InChI=1S/C24H28ClN5O2S/c1-3-28-11-13-29(14-12-28)23(31)19-9-7-18(8-10-19)17-33-24-27-26-22(16-32-2)30(24)21-6-4-5-20(25)15-21/h4-10,15H,3,11-14,16-17H2,1-2H3. The number of nitrogens with zero attached hydrogens (tertiary/aromatic N) is 5. The van der Waals surface area contributed by atoms with Crippen LogP contribution in [0.1, 0.15) is 28.7 Å². The van der Waals surface area contributed by atoms with Gasteiger partial charge in [0, 0.05) is 49.6 Å². The molecule has 3 aromatic rings. The summed E-state index contributed by atoms with van der Waals surface area (Å²) in [5, 5.41) is 10.1. The van der Waals surface area contributed by atoms with Crippen LogP contribution in [0.4, 0.5) is 0 Å². The number of amides is 1. The van der Waals surface area contributed by atoms with Gasteiger partial charge >= 0.3 is 0 Å². The second-order valence-electron chi connectivity index (χ2n) is 7.86. The Morgan fingerprint density at radius 3 is 2.52 bits per heavy atom. The molecule has 1 aliphatic heterocycles. The van der Waals surface area contributed by atoms with Crippen LogP contribution >= 0.6 is 23.4 Å². The number of hydrogen-bond acceptors (Lipinski definition) is 6. The molecule has 0 aliphatic carbocycles. The monoisotopic (exact) mass is 485 g/mol. The van der Waals surface area contributed by atoms with E-state index in [0.717, 1.165) is 54.7 Å². The van der Waals surface area contributed by atoms with Crippen LogP contribution in [-0.4, -0.2) is 70.3 Å². The predicted octanol–water partition coefficient (Wildman–Crippen LogP) is 4.14. The van der Waals surface area contributed by atoms with E-state index in [4.69, 9.17) is 16.3 Å². The Kier molecular flexibility index (Phi) is 8.03. The van der Waals surface area contributed by atoms with Gasteiger partial charge in [0.1, 0.15) is 6.61 Å². The van der Waals surface area contributed by atoms with E-state index in [2.05, 4.69) is 22.0 Å². The fourth-order valence-corrected chi connectivity index (χ4v) is 4.94. The number of piperazine rings is 1. The van der Waals surface area contributed by atoms with Gasteiger partial charge < -0.3 is 14.5 Å². The van der Waals surface area contributed by atoms with Crippen LogP contribution in [0.2, 0.25) is 5.02 Å². The normalized spacial score (nSPS) is 14.6. The summed E-state index contributed by atoms with van der Waals surface area (Å²) in [7, 11) is 1.64. The zero-order chi connectivity index (χ0) is 23.2. The lowest BCUT2D eigenvalue weighted by atomic mass is 10.1. The minimum absolute atomic E-state index is 0.106. The third kappa shape index (κ3) is 5.76. The number of likely N-dealkylation sites (N-methyl/N-ethyl adjacent to an activating group) is 1. The van der Waals surface area contributed by atoms with Crippen molar-refractivity contribution < 1.29 is 9.53 Å². The van der Waals surface area contributed by atoms with E-state index in [1.54, 1.807) is 18.9 Å². The average molecular weight is 486 g/mol. The maximum atomic E-state index is 12.8. The first-order chi connectivity index (χ1) is 16.1. The van der Waals surface area contributed by atoms with Gasteiger partial charge in [0.2, 0.25) is 0 Å². The second-order valence-corrected chi connectivity index (χ2v) is 9.24. The number of methoxy groups -OCH3 is 1. The van der Waals surface area contributed by atoms with Gasteiger partial charge in [0.15, 0.2) is 11.0 Å². The predicted molar refractivity (Wildman–Crippen MR) is 131 cm³/mol. The number of hydrogen-bond donors (Lipinski definition) is 0. The van der Waals surface area contributed by atoms with Crippen LogP contribution in [0.5, 0.6) is 0 Å². The lowest BCUT2D eigenvalue weighted by Gasteiger charge is -2.34. The number of ether oxygens (including phenoxy) is 1. The lowest BCUT2D eigenvalue weighted by Crippen LogP contribution is -2.48. The van der Waals surface area contributed by atoms with Gasteiger partial charge in [-0.1, -0.05) is 48.5 Å². The molecule has 7 nitrogen and oxygen atoms in total. The Balaban J connectivity index is 1.43. The van der Waals surface area contributed by atoms with Crippen molar-refractivity contribution in [2.75, 3.05) is 39.8 Å². The molecular weight excluding hydrogens is 458 g/mol. The Morgan fingerprint density at radius 2 is 1.85 bits per heavy atom. The first-order valence-electron chi connectivity index (χ1n) is 11.0. The van der Waals surface area contributed by atoms with Crippen molar-refractivity contribution >= 4 is 29.3 Å². The third-order valence-electron chi connectivity index (χ3n) is 5.72. The molecule has 1 amide bonds. The summed E-state index contributed by atoms with van der Waals surface area (Å²) in [6, 6.07) is 15.5. The minimum atomic E-state index is 0.106. The van der Waals surface area contributed by atoms with Crippen LogP contribution < -0.4 is 0 Å². The van der Waals surface area contributed by atoms with Crippen molar-refractivity contribution in [3.8, 4) is 5.69 Å². The van der Waals surface area contributed by atoms with Gasteiger partial charge in [-0.3, -0.25) is 9.36 Å². The molecule has 0 bridgehead atoms. The van der Waals surface area contributed by atoms with Gasteiger partial charge in [-0.05, 0) is 42.4 Å². The molecule has 1 fully saturated rings. The molecule has 1 aromatic heterocycles. The molecule has 0 N–H and O–H groups in total. The van der Waals surface area contributed by atoms with Crippen LogP contribution in [0, 0.1) is 0 Å². The van der Waals surface area contributed by atoms with Crippen molar-refractivity contribution in [3.05, 3.63) is 70.5 Å². The largest absolute Gasteiger partial charge is 0.377 e. The second kappa shape index (κ2) is 11.2. The topological polar surface area (TPSA) is 63.5 Å². The number of benzene rings is 2. The summed E-state index contributed by atoms with van der Waals surface area (Å²) < 4.78 is 7.26. The molecule has 2 heterocycles. The molecular formula is C24H28ClN5O2S. The Hall–Kier alpha value is -2.39. The average Bonchev–Trinajstić information content (AvgIpc) is 3.25. The Labute approximate surface area is 203 Å². The van der Waals surface area contributed by atoms with Crippen LogP contribution in [0.25, 0.3) is 5.69 Å². The molecule has 1 saturated heterocycles. The quantitative estimate of drug-likeness (QED) is 0.447. The molecule has 33 heavy (non-hydrogen) atoms. The van der Waals surface area contributed by atoms with Crippen molar-refractivity contribution in [3.63, 3.8) is 0 Å². The summed E-state index contributed by atoms with van der Waals surface area (Å²) in [4.78, 5) is 17.1. The SMILES string of the molecule is CCN1CCN(C(=O)c2ccc(CSc3nnc(COC)n3-c3cccc(Cl)c3)cc2)CC1. The van der Waals surface area contributed by atoms with E-state index >= 15 is 0 Å². The number of thioether (sulfide) groups is 1. The summed E-state index contributed by atoms with van der Waals surface area (Å²) in [5.41, 5.74) is 2.74. The molecule has 0 saturated carbocycles. The number of aromatic nitrogens is 3. The summed E-state index contributed by atoms with van der Waals surface area (Å²) in [6.45, 7) is 6.99. The van der Waals surface area contributed by atoms with E-state index in [1.807, 2.05) is 58.0 Å². The number of rotatable bonds is 8. The highest BCUT2D eigenvalue weighted by molar-refractivity contribution is 7.98. The van der Waals surface area contributed by atoms with Crippen molar-refractivity contribution in [2.24, 2.45) is 0 Å². The Morgan fingerprint density at radius 1 is 1.09 bits per heavy atom. The third-order valence-corrected chi connectivity index (χ3v) is 6.95. The van der Waals surface area contributed by atoms with E-state index in [9.17, 15) is 4.79 Å². The van der Waals surface area contributed by atoms with Gasteiger partial charge in [-0.15, -0.1) is 10.2 Å². The van der Waals surface area contributed by atoms with Crippen LogP contribution in [0.3, 0.4) is 0 Å². The zero-order valence-corrected chi connectivity index (χ0v) is 20.5. The fourth-order valence-electron chi connectivity index (χ4n) is 3.83. The number of halogens is 1. The molecule has 0 unspecified atom stereocenters. The molecule has 1 aliphatic rings. The van der Waals surface area contributed by atoms with Crippen molar-refractivity contribution in [1.29, 1.82) is 0 Å². The smallest absolute Gasteiger partial charge is 0.253 e. The van der Waals surface area contributed by atoms with Gasteiger partial charge in [0.25, 0.3) is 5.91 Å². The van der Waals surface area contributed by atoms with Crippen molar-refractivity contribution in [2.45, 2.75) is 24.4 Å². The number of carbonyl (C=O) groups excluding carboxylic acids is 1. The zero-order valence-electron chi connectivity index (χ0n) is 18.9. The molecule has 0 spiro atoms. The first kappa shape index (κ1) is 23.8. The van der Waals surface area contributed by atoms with Gasteiger partial charge in [-0.25, -0.2) is 0 Å². The minimum Gasteiger partial charge on any atom is -0.377 e. The van der Waals surface area contributed by atoms with Crippen LogP contribution in [-0.2, 0) is 17.1 Å². The summed E-state index contributed by atoms with van der Waals surface area (Å²) in [5.74, 6) is 1.52. The van der Waals surface area contributed by atoms with Crippen molar-refractivity contribution in [1.82, 2.24) is 24.6 Å². The molecule has 0 atom stereocenters. The number of carbonyl (C=O) groups is 1. The molecule has 0 radical (unpaired) electrons. The van der Waals surface area contributed by atoms with Gasteiger partial charge in [0.05, 0.1) is 5.69 Å². The van der Waals surface area contributed by atoms with E-state index in [-0.39, 0.29) is 5.91 Å².